The molecule has 0 saturated carbocycles. The molecule has 0 unspecified atom stereocenters. The molecular formula is C30H34IrN5Si-2. The molecule has 5 aromatic rings. The van der Waals surface area contributed by atoms with Crippen molar-refractivity contribution in [1.82, 2.24) is 24.1 Å². The molecule has 2 radical (unpaired) electrons. The first-order valence-electron chi connectivity index (χ1n) is 11.9. The van der Waals surface area contributed by atoms with E-state index in [1.807, 2.05) is 90.5 Å². The smallest absolute Gasteiger partial charge is 0.0730 e. The minimum Gasteiger partial charge on any atom is -0.365 e. The number of imidazole rings is 2. The Morgan fingerprint density at radius 2 is 1.27 bits per heavy atom. The van der Waals surface area contributed by atoms with Crippen molar-refractivity contribution in [1.29, 1.82) is 0 Å². The Morgan fingerprint density at radius 1 is 0.730 bits per heavy atom. The van der Waals surface area contributed by atoms with E-state index in [1.54, 1.807) is 6.20 Å². The Kier molecular flexibility index (Phi) is 11.9. The van der Waals surface area contributed by atoms with Crippen molar-refractivity contribution >= 4 is 8.80 Å². The summed E-state index contributed by atoms with van der Waals surface area (Å²) < 4.78 is 4.02. The van der Waals surface area contributed by atoms with Crippen LogP contribution in [0.3, 0.4) is 0 Å². The van der Waals surface area contributed by atoms with Gasteiger partial charge in [0.2, 0.25) is 0 Å². The van der Waals surface area contributed by atoms with Crippen LogP contribution in [0.25, 0.3) is 34.0 Å². The van der Waals surface area contributed by atoms with Crippen LogP contribution < -0.4 is 0 Å². The molecule has 0 fully saturated rings. The number of pyridine rings is 1. The monoisotopic (exact) mass is 685 g/mol. The van der Waals surface area contributed by atoms with Crippen LogP contribution in [0.5, 0.6) is 0 Å². The van der Waals surface area contributed by atoms with Gasteiger partial charge in [0.25, 0.3) is 0 Å². The van der Waals surface area contributed by atoms with E-state index < -0.39 is 0 Å². The standard InChI is InChI=1S/C16H17N4.C11H8N.C3H9Si.Ir/c1-11-9-12(2)14(16-18-6-8-20(16)4)10-13(11)15-17-5-7-19(15)3;1-2-6-10(7-3-1)11-8-4-5-9-12-11;1-4(2)3;/h5-9H,1-4H3;1-6,8-9H;1-3H3;/q2*-1;;. The van der Waals surface area contributed by atoms with Gasteiger partial charge in [-0.15, -0.1) is 59.2 Å². The summed E-state index contributed by atoms with van der Waals surface area (Å²) in [6.07, 6.45) is 9.30. The normalized spacial score (nSPS) is 10.1. The van der Waals surface area contributed by atoms with E-state index in [4.69, 9.17) is 0 Å². The van der Waals surface area contributed by atoms with Crippen molar-refractivity contribution < 1.29 is 20.1 Å². The number of benzene rings is 2. The topological polar surface area (TPSA) is 48.5 Å². The number of aromatic nitrogens is 5. The maximum atomic E-state index is 4.43. The molecule has 0 spiro atoms. The first kappa shape index (κ1) is 30.1. The summed E-state index contributed by atoms with van der Waals surface area (Å²) in [5.41, 5.74) is 6.42. The molecule has 3 heterocycles. The van der Waals surface area contributed by atoms with Gasteiger partial charge in [0.1, 0.15) is 0 Å². The summed E-state index contributed by atoms with van der Waals surface area (Å²) in [5, 5.41) is 0. The van der Waals surface area contributed by atoms with Gasteiger partial charge >= 0.3 is 0 Å². The van der Waals surface area contributed by atoms with E-state index in [0.717, 1.165) is 34.0 Å². The maximum Gasteiger partial charge on any atom is 0.0730 e. The maximum absolute atomic E-state index is 4.43. The van der Waals surface area contributed by atoms with E-state index in [2.05, 4.69) is 66.6 Å². The Balaban J connectivity index is 0.000000241. The van der Waals surface area contributed by atoms with Crippen LogP contribution in [0.4, 0.5) is 0 Å². The summed E-state index contributed by atoms with van der Waals surface area (Å²) in [4.78, 5) is 13.1. The third-order valence-electron chi connectivity index (χ3n) is 5.21. The molecule has 3 aromatic heterocycles. The van der Waals surface area contributed by atoms with Crippen LogP contribution in [0, 0.1) is 26.0 Å². The predicted molar refractivity (Wildman–Crippen MR) is 151 cm³/mol. The van der Waals surface area contributed by atoms with Crippen LogP contribution in [0.1, 0.15) is 11.1 Å². The molecule has 5 rings (SSSR count). The van der Waals surface area contributed by atoms with Crippen LogP contribution in [-0.2, 0) is 34.2 Å². The van der Waals surface area contributed by atoms with Crippen LogP contribution in [-0.4, -0.2) is 32.9 Å². The van der Waals surface area contributed by atoms with Gasteiger partial charge in [-0.3, -0.25) is 9.97 Å². The minimum atomic E-state index is 0. The Morgan fingerprint density at radius 3 is 1.68 bits per heavy atom. The molecule has 0 N–H and O–H groups in total. The molecule has 5 nitrogen and oxygen atoms in total. The second kappa shape index (κ2) is 14.6. The second-order valence-electron chi connectivity index (χ2n) is 9.10. The summed E-state index contributed by atoms with van der Waals surface area (Å²) >= 11 is 0. The Hall–Kier alpha value is -3.12. The van der Waals surface area contributed by atoms with Gasteiger partial charge in [-0.1, -0.05) is 56.7 Å². The number of hydrogen-bond donors (Lipinski definition) is 0. The van der Waals surface area contributed by atoms with E-state index in [-0.39, 0.29) is 28.9 Å². The minimum absolute atomic E-state index is 0. The van der Waals surface area contributed by atoms with E-state index in [1.165, 1.54) is 11.1 Å². The largest absolute Gasteiger partial charge is 0.365 e. The van der Waals surface area contributed by atoms with Crippen molar-refractivity contribution in [3.63, 3.8) is 0 Å². The van der Waals surface area contributed by atoms with Gasteiger partial charge in [0.05, 0.1) is 11.6 Å². The van der Waals surface area contributed by atoms with Crippen LogP contribution in [0.2, 0.25) is 19.6 Å². The zero-order chi connectivity index (χ0) is 26.1. The molecule has 0 aliphatic rings. The van der Waals surface area contributed by atoms with E-state index >= 15 is 0 Å². The van der Waals surface area contributed by atoms with Crippen molar-refractivity contribution in [3.05, 3.63) is 103 Å². The van der Waals surface area contributed by atoms with Crippen molar-refractivity contribution in [2.45, 2.75) is 33.5 Å². The summed E-state index contributed by atoms with van der Waals surface area (Å²) in [6, 6.07) is 22.5. The predicted octanol–water partition coefficient (Wildman–Crippen LogP) is 6.82. The van der Waals surface area contributed by atoms with Crippen molar-refractivity contribution in [2.24, 2.45) is 14.1 Å². The molecule has 0 aliphatic carbocycles. The van der Waals surface area contributed by atoms with Crippen LogP contribution in [0.15, 0.2) is 79.5 Å². The molecule has 0 atom stereocenters. The van der Waals surface area contributed by atoms with E-state index in [9.17, 15) is 0 Å². The molecule has 194 valence electrons. The molecule has 2 aromatic carbocycles. The molecular weight excluding hydrogens is 651 g/mol. The average Bonchev–Trinajstić information content (AvgIpc) is 3.48. The molecule has 0 saturated heterocycles. The van der Waals surface area contributed by atoms with Gasteiger partial charge < -0.3 is 14.1 Å². The van der Waals surface area contributed by atoms with Gasteiger partial charge in [0.15, 0.2) is 0 Å². The third kappa shape index (κ3) is 8.46. The number of nitrogens with zero attached hydrogens (tertiary/aromatic N) is 5. The van der Waals surface area contributed by atoms with Gasteiger partial charge in [-0.2, -0.15) is 0 Å². The fourth-order valence-corrected chi connectivity index (χ4v) is 3.54. The summed E-state index contributed by atoms with van der Waals surface area (Å²) in [6.45, 7) is 11.0. The zero-order valence-electron chi connectivity index (χ0n) is 22.6. The average molecular weight is 685 g/mol. The third-order valence-corrected chi connectivity index (χ3v) is 5.21. The van der Waals surface area contributed by atoms with Gasteiger partial charge in [-0.25, -0.2) is 0 Å². The van der Waals surface area contributed by atoms with Crippen molar-refractivity contribution in [2.75, 3.05) is 0 Å². The summed E-state index contributed by atoms with van der Waals surface area (Å²) in [7, 11) is 4.11. The first-order chi connectivity index (χ1) is 17.3. The zero-order valence-corrected chi connectivity index (χ0v) is 26.0. The number of aryl methyl sites for hydroxylation is 4. The molecule has 0 amide bonds. The second-order valence-corrected chi connectivity index (χ2v) is 12.1. The number of rotatable bonds is 3. The van der Waals surface area contributed by atoms with Gasteiger partial charge in [-0.05, 0) is 11.8 Å². The first-order valence-corrected chi connectivity index (χ1v) is 14.9. The van der Waals surface area contributed by atoms with Crippen molar-refractivity contribution in [3.8, 4) is 34.0 Å². The SMILES string of the molecule is C[Si](C)C.Cc1cc(C)c(-c2nccn2C)[c-]c1-c1nccn1C.[Ir].[c-]1ccccc1-c1ccccn1. The Bertz CT molecular complexity index is 1260. The van der Waals surface area contributed by atoms with Crippen LogP contribution >= 0.6 is 0 Å². The fourth-order valence-electron chi connectivity index (χ4n) is 3.54. The summed E-state index contributed by atoms with van der Waals surface area (Å²) in [5.74, 6) is 1.86. The quantitative estimate of drug-likeness (QED) is 0.155. The fraction of sp³-hybridized carbons (Fsp3) is 0.233. The molecule has 7 heteroatoms. The molecule has 37 heavy (non-hydrogen) atoms. The van der Waals surface area contributed by atoms with E-state index in [0.29, 0.717) is 0 Å². The number of hydrogen-bond acceptors (Lipinski definition) is 3. The van der Waals surface area contributed by atoms with Gasteiger partial charge in [0, 0.05) is 74.0 Å². The molecule has 0 aliphatic heterocycles. The Labute approximate surface area is 236 Å². The molecule has 0 bridgehead atoms.